The van der Waals surface area contributed by atoms with Gasteiger partial charge in [0.2, 0.25) is 0 Å². The van der Waals surface area contributed by atoms with Gasteiger partial charge in [0, 0.05) is 35.1 Å². The summed E-state index contributed by atoms with van der Waals surface area (Å²) in [7, 11) is 0. The van der Waals surface area contributed by atoms with Gasteiger partial charge in [-0.05, 0) is 49.7 Å². The number of benzene rings is 1. The molecule has 0 spiro atoms. The first kappa shape index (κ1) is 41.5. The van der Waals surface area contributed by atoms with Gasteiger partial charge >= 0.3 is 0 Å². The molecule has 1 rings (SSSR count). The van der Waals surface area contributed by atoms with E-state index >= 15 is 0 Å². The molecule has 262 valence electrons. The first-order chi connectivity index (χ1) is 22.3. The highest BCUT2D eigenvalue weighted by Gasteiger charge is 2.30. The average Bonchev–Trinajstić information content (AvgIpc) is 3.03. The van der Waals surface area contributed by atoms with Gasteiger partial charge in [-0.1, -0.05) is 143 Å². The number of carboxylic acids is 2. The third-order valence-corrected chi connectivity index (χ3v) is 9.26. The molecule has 46 heavy (non-hydrogen) atoms. The maximum atomic E-state index is 14.1. The average molecular weight is 641 g/mol. The molecule has 0 atom stereocenters. The van der Waals surface area contributed by atoms with Gasteiger partial charge in [-0.15, -0.1) is 0 Å². The van der Waals surface area contributed by atoms with E-state index in [2.05, 4.69) is 27.7 Å². The molecule has 0 aliphatic heterocycles. The van der Waals surface area contributed by atoms with Crippen LogP contribution < -0.4 is 10.2 Å². The van der Waals surface area contributed by atoms with Gasteiger partial charge < -0.3 is 19.8 Å². The van der Waals surface area contributed by atoms with Crippen LogP contribution in [0.25, 0.3) is 0 Å². The van der Waals surface area contributed by atoms with Crippen molar-refractivity contribution >= 4 is 23.5 Å². The fraction of sp³-hybridized carbons (Fsp3) is 0.750. The molecule has 1 aromatic rings. The molecule has 1 aromatic carbocycles. The molecule has 0 N–H and O–H groups in total. The smallest absolute Gasteiger partial charge is 0.164 e. The van der Waals surface area contributed by atoms with Crippen molar-refractivity contribution in [2.75, 3.05) is 0 Å². The molecular weight excluding hydrogens is 576 g/mol. The lowest BCUT2D eigenvalue weighted by atomic mass is 9.78. The van der Waals surface area contributed by atoms with Gasteiger partial charge in [-0.2, -0.15) is 0 Å². The molecule has 0 aromatic heterocycles. The minimum Gasteiger partial charge on any atom is -0.545 e. The van der Waals surface area contributed by atoms with Crippen LogP contribution in [0.4, 0.5) is 0 Å². The van der Waals surface area contributed by atoms with Crippen molar-refractivity contribution in [1.29, 1.82) is 0 Å². The van der Waals surface area contributed by atoms with Crippen molar-refractivity contribution in [3.05, 3.63) is 33.4 Å². The summed E-state index contributed by atoms with van der Waals surface area (Å²) in [5.41, 5.74) is -0.239. The molecule has 0 saturated carbocycles. The molecule has 0 aliphatic carbocycles. The summed E-state index contributed by atoms with van der Waals surface area (Å²) in [6.45, 7) is 8.54. The van der Waals surface area contributed by atoms with E-state index in [0.29, 0.717) is 43.2 Å². The lowest BCUT2D eigenvalue weighted by Crippen LogP contribution is -2.35. The molecule has 0 unspecified atom stereocenters. The Morgan fingerprint density at radius 1 is 0.370 bits per heavy atom. The minimum absolute atomic E-state index is 0.0728. The third-order valence-electron chi connectivity index (χ3n) is 9.26. The summed E-state index contributed by atoms with van der Waals surface area (Å²) in [6, 6.07) is 0. The lowest BCUT2D eigenvalue weighted by Gasteiger charge is -2.27. The maximum Gasteiger partial charge on any atom is 0.164 e. The summed E-state index contributed by atoms with van der Waals surface area (Å²) in [5.74, 6) is -4.05. The standard InChI is InChI=1S/C40H66O6/c1-5-9-13-17-19-21-25-29-33(41)35-31(27-23-15-11-7-3)32(28-24-16-12-8-4)36(39(43)44)38(40(45)46)37(35)34(42)30-26-22-20-18-14-10-6-2/h5-30H2,1-4H3,(H,43,44)(H,45,46)/p-2. The molecule has 0 radical (unpaired) electrons. The highest BCUT2D eigenvalue weighted by Crippen LogP contribution is 2.34. The Labute approximate surface area is 280 Å². The molecule has 0 fully saturated rings. The summed E-state index contributed by atoms with van der Waals surface area (Å²) >= 11 is 0. The first-order valence-electron chi connectivity index (χ1n) is 19.0. The van der Waals surface area contributed by atoms with Gasteiger partial charge in [-0.3, -0.25) is 9.59 Å². The quantitative estimate of drug-likeness (QED) is 0.0611. The van der Waals surface area contributed by atoms with Gasteiger partial charge in [0.25, 0.3) is 0 Å². The van der Waals surface area contributed by atoms with Crippen LogP contribution >= 0.6 is 0 Å². The van der Waals surface area contributed by atoms with Crippen LogP contribution in [0.3, 0.4) is 0 Å². The number of Topliss-reactive ketones (excluding diaryl/α,β-unsaturated/α-hetero) is 2. The van der Waals surface area contributed by atoms with Crippen LogP contribution in [0.1, 0.15) is 234 Å². The van der Waals surface area contributed by atoms with E-state index in [0.717, 1.165) is 96.3 Å². The van der Waals surface area contributed by atoms with E-state index in [1.165, 1.54) is 25.7 Å². The fourth-order valence-electron chi connectivity index (χ4n) is 6.61. The Morgan fingerprint density at radius 3 is 1.04 bits per heavy atom. The second kappa shape index (κ2) is 25.6. The van der Waals surface area contributed by atoms with Crippen molar-refractivity contribution in [3.63, 3.8) is 0 Å². The molecule has 0 amide bonds. The van der Waals surface area contributed by atoms with Crippen LogP contribution in [-0.2, 0) is 12.8 Å². The molecule has 0 bridgehead atoms. The van der Waals surface area contributed by atoms with Gasteiger partial charge in [0.15, 0.2) is 11.6 Å². The predicted octanol–water partition coefficient (Wildman–Crippen LogP) is 9.31. The van der Waals surface area contributed by atoms with E-state index < -0.39 is 28.8 Å². The zero-order valence-electron chi connectivity index (χ0n) is 29.8. The summed E-state index contributed by atoms with van der Waals surface area (Å²) in [5, 5.41) is 25.5. The second-order valence-corrected chi connectivity index (χ2v) is 13.2. The minimum atomic E-state index is -1.72. The summed E-state index contributed by atoms with van der Waals surface area (Å²) < 4.78 is 0. The molecule has 0 saturated heterocycles. The lowest BCUT2D eigenvalue weighted by molar-refractivity contribution is -0.259. The highest BCUT2D eigenvalue weighted by molar-refractivity contribution is 6.18. The molecule has 6 nitrogen and oxygen atoms in total. The molecule has 6 heteroatoms. The van der Waals surface area contributed by atoms with Crippen LogP contribution in [0.15, 0.2) is 0 Å². The molecular formula is C40H64O6-2. The number of hydrogen-bond donors (Lipinski definition) is 0. The van der Waals surface area contributed by atoms with Crippen molar-refractivity contribution in [2.24, 2.45) is 0 Å². The largest absolute Gasteiger partial charge is 0.545 e. The number of rotatable bonds is 30. The Kier molecular flexibility index (Phi) is 23.1. The van der Waals surface area contributed by atoms with E-state index in [9.17, 15) is 29.4 Å². The monoisotopic (exact) mass is 640 g/mol. The van der Waals surface area contributed by atoms with Crippen molar-refractivity contribution in [2.45, 2.75) is 195 Å². The van der Waals surface area contributed by atoms with Gasteiger partial charge in [-0.25, -0.2) is 0 Å². The van der Waals surface area contributed by atoms with Crippen molar-refractivity contribution < 1.29 is 29.4 Å². The molecule has 0 aliphatic rings. The number of carboxylic acid groups (broad SMARTS) is 2. The number of aromatic carboxylic acids is 2. The van der Waals surface area contributed by atoms with Crippen LogP contribution in [-0.4, -0.2) is 23.5 Å². The topological polar surface area (TPSA) is 114 Å². The molecule has 0 heterocycles. The predicted molar refractivity (Wildman–Crippen MR) is 185 cm³/mol. The number of carbonyl (C=O) groups excluding carboxylic acids is 4. The van der Waals surface area contributed by atoms with Gasteiger partial charge in [0.05, 0.1) is 11.9 Å². The fourth-order valence-corrected chi connectivity index (χ4v) is 6.61. The highest BCUT2D eigenvalue weighted by atomic mass is 16.4. The normalized spacial score (nSPS) is 11.2. The van der Waals surface area contributed by atoms with Crippen LogP contribution in [0.5, 0.6) is 0 Å². The van der Waals surface area contributed by atoms with Crippen molar-refractivity contribution in [3.8, 4) is 0 Å². The Morgan fingerprint density at radius 2 is 0.674 bits per heavy atom. The SMILES string of the molecule is CCCCCCCCCC(=O)c1c(CCCCCC)c(CCCCCC)c(C(=O)[O-])c(C(=O)[O-])c1C(=O)CCCCCCCCC. The zero-order valence-corrected chi connectivity index (χ0v) is 29.8. The van der Waals surface area contributed by atoms with Crippen LogP contribution in [0.2, 0.25) is 0 Å². The van der Waals surface area contributed by atoms with E-state index in [1.54, 1.807) is 0 Å². The zero-order chi connectivity index (χ0) is 34.2. The van der Waals surface area contributed by atoms with Crippen molar-refractivity contribution in [1.82, 2.24) is 0 Å². The van der Waals surface area contributed by atoms with Crippen LogP contribution in [0, 0.1) is 0 Å². The van der Waals surface area contributed by atoms with Gasteiger partial charge in [0.1, 0.15) is 0 Å². The number of hydrogen-bond acceptors (Lipinski definition) is 6. The maximum absolute atomic E-state index is 14.1. The number of unbranched alkanes of at least 4 members (excludes halogenated alkanes) is 18. The summed E-state index contributed by atoms with van der Waals surface area (Å²) in [6.07, 6.45) is 22.3. The Bertz CT molecular complexity index is 1060. The second-order valence-electron chi connectivity index (χ2n) is 13.2. The number of carbonyl (C=O) groups is 4. The summed E-state index contributed by atoms with van der Waals surface area (Å²) in [4.78, 5) is 53.6. The number of ketones is 2. The van der Waals surface area contributed by atoms with E-state index in [4.69, 9.17) is 0 Å². The van der Waals surface area contributed by atoms with E-state index in [-0.39, 0.29) is 29.8 Å². The Hall–Kier alpha value is -2.50. The van der Waals surface area contributed by atoms with E-state index in [1.807, 2.05) is 0 Å². The third kappa shape index (κ3) is 14.9. The first-order valence-corrected chi connectivity index (χ1v) is 19.0. The Balaban J connectivity index is 3.68.